The van der Waals surface area contributed by atoms with Crippen molar-refractivity contribution in [3.05, 3.63) is 71.0 Å². The van der Waals surface area contributed by atoms with Gasteiger partial charge in [-0.15, -0.1) is 0 Å². The van der Waals surface area contributed by atoms with E-state index in [9.17, 15) is 17.4 Å². The number of ether oxygens (including phenoxy) is 1. The molecule has 1 aliphatic rings. The molecular formula is C21H19F3N2O2S. The third kappa shape index (κ3) is 3.77. The molecule has 29 heavy (non-hydrogen) atoms. The molecule has 4 rings (SSSR count). The van der Waals surface area contributed by atoms with E-state index in [0.717, 1.165) is 22.4 Å². The van der Waals surface area contributed by atoms with E-state index in [1.807, 2.05) is 18.2 Å². The zero-order valence-electron chi connectivity index (χ0n) is 15.5. The maximum absolute atomic E-state index is 14.2. The fraction of sp³-hybridized carbons (Fsp3) is 0.190. The Morgan fingerprint density at radius 2 is 1.83 bits per heavy atom. The number of halogens is 3. The van der Waals surface area contributed by atoms with Gasteiger partial charge in [-0.25, -0.2) is 17.4 Å². The standard InChI is InChI=1S/C21H19F3N2O2S/c1-29(2,27)26-12-4-5-13-11(7-12)3-6-20-14(13)9-19(25)21(28-20)15-8-17(23)18(24)10-16(15)22/h3-8,10,19,21H,1,9,25H2,2H3,(H,26,27)/t19-,21+,29?/m0/s1. The van der Waals surface area contributed by atoms with Crippen LogP contribution in [-0.4, -0.2) is 22.4 Å². The highest BCUT2D eigenvalue weighted by Crippen LogP contribution is 2.39. The van der Waals surface area contributed by atoms with Crippen LogP contribution in [0.4, 0.5) is 18.9 Å². The largest absolute Gasteiger partial charge is 0.484 e. The van der Waals surface area contributed by atoms with Crippen LogP contribution >= 0.6 is 0 Å². The van der Waals surface area contributed by atoms with Gasteiger partial charge in [0.2, 0.25) is 0 Å². The van der Waals surface area contributed by atoms with Crippen LogP contribution in [0, 0.1) is 17.5 Å². The molecule has 0 amide bonds. The number of nitrogens with one attached hydrogen (secondary N) is 1. The zero-order chi connectivity index (χ0) is 20.9. The van der Waals surface area contributed by atoms with Gasteiger partial charge < -0.3 is 15.2 Å². The van der Waals surface area contributed by atoms with Gasteiger partial charge in [-0.3, -0.25) is 0 Å². The zero-order valence-corrected chi connectivity index (χ0v) is 16.4. The molecule has 1 aliphatic heterocycles. The molecule has 0 saturated heterocycles. The van der Waals surface area contributed by atoms with Crippen LogP contribution in [0.2, 0.25) is 0 Å². The molecule has 3 aromatic rings. The minimum Gasteiger partial charge on any atom is -0.484 e. The lowest BCUT2D eigenvalue weighted by atomic mass is 9.90. The average Bonchev–Trinajstić information content (AvgIpc) is 2.63. The third-order valence-electron chi connectivity index (χ3n) is 4.85. The number of hydrogen-bond donors (Lipinski definition) is 2. The Kier molecular flexibility index (Phi) is 4.71. The lowest BCUT2D eigenvalue weighted by Crippen LogP contribution is -2.38. The van der Waals surface area contributed by atoms with Crippen LogP contribution in [0.5, 0.6) is 5.75 Å². The first-order valence-corrected chi connectivity index (χ1v) is 11.0. The number of fused-ring (bicyclic) bond motifs is 3. The molecule has 3 N–H and O–H groups in total. The smallest absolute Gasteiger partial charge is 0.161 e. The van der Waals surface area contributed by atoms with E-state index in [2.05, 4.69) is 10.6 Å². The first-order chi connectivity index (χ1) is 13.6. The molecule has 152 valence electrons. The highest BCUT2D eigenvalue weighted by atomic mass is 32.2. The molecule has 1 heterocycles. The molecule has 4 nitrogen and oxygen atoms in total. The summed E-state index contributed by atoms with van der Waals surface area (Å²) < 4.78 is 61.7. The number of nitrogens with two attached hydrogens (primary N) is 1. The van der Waals surface area contributed by atoms with Crippen molar-refractivity contribution in [2.45, 2.75) is 18.6 Å². The van der Waals surface area contributed by atoms with Crippen LogP contribution in [0.15, 0.2) is 42.5 Å². The van der Waals surface area contributed by atoms with Crippen LogP contribution in [0.1, 0.15) is 17.2 Å². The fourth-order valence-corrected chi connectivity index (χ4v) is 4.25. The van der Waals surface area contributed by atoms with Gasteiger partial charge in [-0.1, -0.05) is 12.1 Å². The maximum Gasteiger partial charge on any atom is 0.161 e. The molecule has 0 fully saturated rings. The summed E-state index contributed by atoms with van der Waals surface area (Å²) in [7, 11) is -2.41. The molecule has 0 aliphatic carbocycles. The number of rotatable bonds is 3. The van der Waals surface area contributed by atoms with E-state index in [-0.39, 0.29) is 5.56 Å². The summed E-state index contributed by atoms with van der Waals surface area (Å²) in [5.41, 5.74) is 7.61. The van der Waals surface area contributed by atoms with Crippen molar-refractivity contribution in [2.24, 2.45) is 5.73 Å². The molecule has 0 saturated carbocycles. The van der Waals surface area contributed by atoms with Gasteiger partial charge in [0, 0.05) is 38.8 Å². The molecular weight excluding hydrogens is 401 g/mol. The van der Waals surface area contributed by atoms with Crippen LogP contribution in [0.25, 0.3) is 10.8 Å². The second-order valence-corrected chi connectivity index (χ2v) is 9.49. The van der Waals surface area contributed by atoms with Crippen molar-refractivity contribution in [2.75, 3.05) is 11.0 Å². The van der Waals surface area contributed by atoms with E-state index in [4.69, 9.17) is 10.5 Å². The number of anilines is 1. The molecule has 0 spiro atoms. The SMILES string of the molecule is C=S(C)(=O)Nc1ccc2c3c(ccc2c1)O[C@H](c1cc(F)c(F)cc1F)[C@@H](N)C3. The summed E-state index contributed by atoms with van der Waals surface area (Å²) in [6.45, 7) is 0. The molecule has 8 heteroatoms. The van der Waals surface area contributed by atoms with E-state index in [1.165, 1.54) is 6.26 Å². The number of benzene rings is 3. The minimum absolute atomic E-state index is 0.116. The summed E-state index contributed by atoms with van der Waals surface area (Å²) in [6.07, 6.45) is 0.934. The van der Waals surface area contributed by atoms with E-state index in [0.29, 0.717) is 23.9 Å². The predicted molar refractivity (Wildman–Crippen MR) is 110 cm³/mol. The predicted octanol–water partition coefficient (Wildman–Crippen LogP) is 3.93. The van der Waals surface area contributed by atoms with Crippen LogP contribution < -0.4 is 15.2 Å². The lowest BCUT2D eigenvalue weighted by molar-refractivity contribution is 0.149. The van der Waals surface area contributed by atoms with Gasteiger partial charge in [0.05, 0.1) is 6.04 Å². The maximum atomic E-state index is 14.2. The normalized spacial score (nSPS) is 20.6. The first-order valence-electron chi connectivity index (χ1n) is 8.85. The van der Waals surface area contributed by atoms with Gasteiger partial charge in [0.25, 0.3) is 0 Å². The fourth-order valence-electron chi connectivity index (χ4n) is 3.63. The number of hydrogen-bond acceptors (Lipinski definition) is 3. The van der Waals surface area contributed by atoms with E-state index in [1.54, 1.807) is 12.1 Å². The Morgan fingerprint density at radius 3 is 2.55 bits per heavy atom. The van der Waals surface area contributed by atoms with Crippen molar-refractivity contribution in [3.63, 3.8) is 0 Å². The van der Waals surface area contributed by atoms with Crippen molar-refractivity contribution < 1.29 is 22.1 Å². The summed E-state index contributed by atoms with van der Waals surface area (Å²) >= 11 is 0. The van der Waals surface area contributed by atoms with Gasteiger partial charge in [0.15, 0.2) is 11.6 Å². The molecule has 0 aromatic heterocycles. The Labute approximate surface area is 166 Å². The van der Waals surface area contributed by atoms with Gasteiger partial charge in [-0.2, -0.15) is 0 Å². The molecule has 0 bridgehead atoms. The van der Waals surface area contributed by atoms with E-state index >= 15 is 0 Å². The van der Waals surface area contributed by atoms with Crippen molar-refractivity contribution in [1.29, 1.82) is 0 Å². The first kappa shape index (κ1) is 19.6. The summed E-state index contributed by atoms with van der Waals surface area (Å²) in [6, 6.07) is 9.66. The quantitative estimate of drug-likeness (QED) is 0.499. The van der Waals surface area contributed by atoms with Gasteiger partial charge in [-0.05, 0) is 47.3 Å². The van der Waals surface area contributed by atoms with Gasteiger partial charge in [0.1, 0.15) is 17.7 Å². The second-order valence-electron chi connectivity index (χ2n) is 7.28. The Bertz CT molecular complexity index is 1230. The summed E-state index contributed by atoms with van der Waals surface area (Å²) in [4.78, 5) is 0. The van der Waals surface area contributed by atoms with Crippen LogP contribution in [-0.2, 0) is 16.1 Å². The van der Waals surface area contributed by atoms with Crippen LogP contribution in [0.3, 0.4) is 0 Å². The molecule has 3 aromatic carbocycles. The summed E-state index contributed by atoms with van der Waals surface area (Å²) in [5.74, 6) is 0.771. The Hall–Kier alpha value is -2.71. The molecule has 0 radical (unpaired) electrons. The average molecular weight is 420 g/mol. The Balaban J connectivity index is 1.73. The Morgan fingerprint density at radius 1 is 1.10 bits per heavy atom. The third-order valence-corrected chi connectivity index (χ3v) is 5.52. The van der Waals surface area contributed by atoms with Gasteiger partial charge >= 0.3 is 0 Å². The summed E-state index contributed by atoms with van der Waals surface area (Å²) in [5, 5.41) is 1.77. The minimum atomic E-state index is -2.41. The second kappa shape index (κ2) is 6.96. The van der Waals surface area contributed by atoms with Crippen molar-refractivity contribution >= 4 is 32.0 Å². The lowest BCUT2D eigenvalue weighted by Gasteiger charge is -2.32. The van der Waals surface area contributed by atoms with Crippen molar-refractivity contribution in [3.8, 4) is 5.75 Å². The monoisotopic (exact) mass is 420 g/mol. The van der Waals surface area contributed by atoms with E-state index < -0.39 is 39.3 Å². The molecule has 3 atom stereocenters. The highest BCUT2D eigenvalue weighted by molar-refractivity contribution is 8.00. The van der Waals surface area contributed by atoms with Crippen molar-refractivity contribution in [1.82, 2.24) is 0 Å². The highest BCUT2D eigenvalue weighted by Gasteiger charge is 2.32. The topological polar surface area (TPSA) is 64.3 Å². The molecule has 1 unspecified atom stereocenters.